The van der Waals surface area contributed by atoms with E-state index in [0.717, 1.165) is 17.7 Å². The second-order valence-electron chi connectivity index (χ2n) is 4.68. The number of aromatic nitrogens is 2. The van der Waals surface area contributed by atoms with E-state index >= 15 is 0 Å². The van der Waals surface area contributed by atoms with Crippen LogP contribution in [0.3, 0.4) is 0 Å². The minimum Gasteiger partial charge on any atom is -0.317 e. The molecule has 1 aromatic carbocycles. The third-order valence-corrected chi connectivity index (χ3v) is 4.20. The van der Waals surface area contributed by atoms with Crippen molar-refractivity contribution < 1.29 is 0 Å². The SMILES string of the molecule is Cn1nc(Br)c2c(C3CCNCC3)cccc21. The Balaban J connectivity index is 2.15. The zero-order valence-corrected chi connectivity index (χ0v) is 11.5. The molecule has 0 spiro atoms. The highest BCUT2D eigenvalue weighted by Crippen LogP contribution is 2.34. The fourth-order valence-electron chi connectivity index (χ4n) is 2.76. The van der Waals surface area contributed by atoms with Gasteiger partial charge in [-0.05, 0) is 59.4 Å². The molecule has 4 heteroatoms. The van der Waals surface area contributed by atoms with E-state index < -0.39 is 0 Å². The second kappa shape index (κ2) is 4.42. The number of piperidine rings is 1. The Kier molecular flexibility index (Phi) is 2.92. The Morgan fingerprint density at radius 1 is 1.35 bits per heavy atom. The van der Waals surface area contributed by atoms with Crippen LogP contribution in [0, 0.1) is 0 Å². The smallest absolute Gasteiger partial charge is 0.136 e. The molecule has 90 valence electrons. The minimum absolute atomic E-state index is 0.667. The summed E-state index contributed by atoms with van der Waals surface area (Å²) in [6.07, 6.45) is 2.45. The Morgan fingerprint density at radius 2 is 2.12 bits per heavy atom. The van der Waals surface area contributed by atoms with E-state index in [0.29, 0.717) is 5.92 Å². The Bertz CT molecular complexity index is 541. The first-order valence-corrected chi connectivity index (χ1v) is 6.88. The highest BCUT2D eigenvalue weighted by molar-refractivity contribution is 9.10. The molecule has 1 N–H and O–H groups in total. The summed E-state index contributed by atoms with van der Waals surface area (Å²) in [5, 5.41) is 9.18. The maximum Gasteiger partial charge on any atom is 0.136 e. The molecule has 0 radical (unpaired) electrons. The lowest BCUT2D eigenvalue weighted by Gasteiger charge is -2.23. The van der Waals surface area contributed by atoms with Crippen LogP contribution in [0.1, 0.15) is 24.3 Å². The van der Waals surface area contributed by atoms with Crippen LogP contribution in [-0.4, -0.2) is 22.9 Å². The summed E-state index contributed by atoms with van der Waals surface area (Å²) < 4.78 is 2.92. The third-order valence-electron chi connectivity index (χ3n) is 3.65. The number of hydrogen-bond donors (Lipinski definition) is 1. The zero-order valence-electron chi connectivity index (χ0n) is 9.91. The highest BCUT2D eigenvalue weighted by Gasteiger charge is 2.20. The highest BCUT2D eigenvalue weighted by atomic mass is 79.9. The van der Waals surface area contributed by atoms with Crippen molar-refractivity contribution in [2.75, 3.05) is 13.1 Å². The van der Waals surface area contributed by atoms with Crippen molar-refractivity contribution in [3.8, 4) is 0 Å². The molecule has 0 atom stereocenters. The Labute approximate surface area is 109 Å². The lowest BCUT2D eigenvalue weighted by molar-refractivity contribution is 0.462. The first-order valence-electron chi connectivity index (χ1n) is 6.09. The number of rotatable bonds is 1. The molecule has 0 saturated carbocycles. The van der Waals surface area contributed by atoms with Crippen LogP contribution in [0.4, 0.5) is 0 Å². The summed E-state index contributed by atoms with van der Waals surface area (Å²) in [6, 6.07) is 6.54. The number of fused-ring (bicyclic) bond motifs is 1. The average Bonchev–Trinajstić information content (AvgIpc) is 2.66. The maximum absolute atomic E-state index is 4.46. The summed E-state index contributed by atoms with van der Waals surface area (Å²) >= 11 is 3.59. The van der Waals surface area contributed by atoms with Crippen molar-refractivity contribution in [2.24, 2.45) is 7.05 Å². The van der Waals surface area contributed by atoms with E-state index in [2.05, 4.69) is 44.5 Å². The normalized spacial score (nSPS) is 17.8. The van der Waals surface area contributed by atoms with Gasteiger partial charge in [-0.3, -0.25) is 4.68 Å². The van der Waals surface area contributed by atoms with Gasteiger partial charge in [0.1, 0.15) is 4.60 Å². The molecule has 1 aromatic heterocycles. The van der Waals surface area contributed by atoms with Gasteiger partial charge in [0.2, 0.25) is 0 Å². The van der Waals surface area contributed by atoms with Crippen LogP contribution in [0.5, 0.6) is 0 Å². The standard InChI is InChI=1S/C13H16BrN3/c1-17-11-4-2-3-10(12(11)13(14)16-17)9-5-7-15-8-6-9/h2-4,9,15H,5-8H2,1H3. The number of benzene rings is 1. The Morgan fingerprint density at radius 3 is 2.88 bits per heavy atom. The van der Waals surface area contributed by atoms with Crippen LogP contribution in [-0.2, 0) is 7.05 Å². The number of aryl methyl sites for hydroxylation is 1. The molecule has 3 rings (SSSR count). The predicted molar refractivity (Wildman–Crippen MR) is 73.3 cm³/mol. The van der Waals surface area contributed by atoms with E-state index in [4.69, 9.17) is 0 Å². The summed E-state index contributed by atoms with van der Waals surface area (Å²) in [5.41, 5.74) is 2.66. The summed E-state index contributed by atoms with van der Waals surface area (Å²) in [4.78, 5) is 0. The molecule has 0 aliphatic carbocycles. The molecular formula is C13H16BrN3. The van der Waals surface area contributed by atoms with Crippen molar-refractivity contribution in [3.63, 3.8) is 0 Å². The molecule has 3 nitrogen and oxygen atoms in total. The lowest BCUT2D eigenvalue weighted by Crippen LogP contribution is -2.26. The van der Waals surface area contributed by atoms with Crippen LogP contribution in [0.15, 0.2) is 22.8 Å². The fraction of sp³-hybridized carbons (Fsp3) is 0.462. The molecular weight excluding hydrogens is 278 g/mol. The predicted octanol–water partition coefficient (Wildman–Crippen LogP) is 2.80. The second-order valence-corrected chi connectivity index (χ2v) is 5.43. The van der Waals surface area contributed by atoms with Gasteiger partial charge in [-0.2, -0.15) is 5.10 Å². The molecule has 0 bridgehead atoms. The molecule has 0 amide bonds. The van der Waals surface area contributed by atoms with E-state index in [-0.39, 0.29) is 0 Å². The summed E-state index contributed by atoms with van der Waals surface area (Å²) in [6.45, 7) is 2.25. The van der Waals surface area contributed by atoms with Crippen molar-refractivity contribution in [3.05, 3.63) is 28.4 Å². The number of nitrogens with one attached hydrogen (secondary N) is 1. The molecule has 2 heterocycles. The number of hydrogen-bond acceptors (Lipinski definition) is 2. The maximum atomic E-state index is 4.46. The van der Waals surface area contributed by atoms with Crippen LogP contribution < -0.4 is 5.32 Å². The largest absolute Gasteiger partial charge is 0.317 e. The first kappa shape index (κ1) is 11.2. The van der Waals surface area contributed by atoms with Crippen LogP contribution in [0.2, 0.25) is 0 Å². The van der Waals surface area contributed by atoms with Gasteiger partial charge in [0.15, 0.2) is 0 Å². The van der Waals surface area contributed by atoms with Gasteiger partial charge in [-0.1, -0.05) is 12.1 Å². The monoisotopic (exact) mass is 293 g/mol. The van der Waals surface area contributed by atoms with Gasteiger partial charge in [0, 0.05) is 12.4 Å². The van der Waals surface area contributed by atoms with Gasteiger partial charge in [-0.15, -0.1) is 0 Å². The van der Waals surface area contributed by atoms with E-state index in [1.807, 2.05) is 11.7 Å². The minimum atomic E-state index is 0.667. The fourth-order valence-corrected chi connectivity index (χ4v) is 3.43. The van der Waals surface area contributed by atoms with Gasteiger partial charge < -0.3 is 5.32 Å². The van der Waals surface area contributed by atoms with Crippen molar-refractivity contribution in [1.82, 2.24) is 15.1 Å². The molecule has 1 saturated heterocycles. The topological polar surface area (TPSA) is 29.9 Å². The van der Waals surface area contributed by atoms with E-state index in [1.165, 1.54) is 29.3 Å². The van der Waals surface area contributed by atoms with Crippen molar-refractivity contribution in [1.29, 1.82) is 0 Å². The summed E-state index contributed by atoms with van der Waals surface area (Å²) in [5.74, 6) is 0.667. The van der Waals surface area contributed by atoms with Gasteiger partial charge in [-0.25, -0.2) is 0 Å². The molecule has 1 fully saturated rings. The van der Waals surface area contributed by atoms with Crippen molar-refractivity contribution >= 4 is 26.8 Å². The molecule has 1 aliphatic heterocycles. The average molecular weight is 294 g/mol. The number of halogens is 1. The zero-order chi connectivity index (χ0) is 11.8. The van der Waals surface area contributed by atoms with Gasteiger partial charge in [0.25, 0.3) is 0 Å². The lowest BCUT2D eigenvalue weighted by atomic mass is 9.88. The van der Waals surface area contributed by atoms with Crippen LogP contribution >= 0.6 is 15.9 Å². The Hall–Kier alpha value is -0.870. The summed E-state index contributed by atoms with van der Waals surface area (Å²) in [7, 11) is 2.00. The molecule has 2 aromatic rings. The van der Waals surface area contributed by atoms with Crippen molar-refractivity contribution in [2.45, 2.75) is 18.8 Å². The molecule has 17 heavy (non-hydrogen) atoms. The number of nitrogens with zero attached hydrogens (tertiary/aromatic N) is 2. The van der Waals surface area contributed by atoms with E-state index in [9.17, 15) is 0 Å². The quantitative estimate of drug-likeness (QED) is 0.876. The molecule has 0 unspecified atom stereocenters. The third kappa shape index (κ3) is 1.89. The van der Waals surface area contributed by atoms with E-state index in [1.54, 1.807) is 0 Å². The first-order chi connectivity index (χ1) is 8.27. The molecule has 1 aliphatic rings. The van der Waals surface area contributed by atoms with Crippen LogP contribution in [0.25, 0.3) is 10.9 Å². The van der Waals surface area contributed by atoms with Gasteiger partial charge >= 0.3 is 0 Å². The van der Waals surface area contributed by atoms with Gasteiger partial charge in [0.05, 0.1) is 5.52 Å².